The quantitative estimate of drug-likeness (QED) is 0.592. The highest BCUT2D eigenvalue weighted by Gasteiger charge is 2.09. The molecule has 0 amide bonds. The lowest BCUT2D eigenvalue weighted by atomic mass is 10.2. The molecule has 1 atom stereocenters. The van der Waals surface area contributed by atoms with Crippen LogP contribution in [0, 0.1) is 5.92 Å². The molecular formula is C7H14O3. The van der Waals surface area contributed by atoms with Gasteiger partial charge < -0.3 is 9.84 Å². The normalized spacial score (nSPS) is 13.3. The fourth-order valence-corrected chi connectivity index (χ4v) is 0.369. The topological polar surface area (TPSA) is 46.5 Å². The molecule has 0 unspecified atom stereocenters. The van der Waals surface area contributed by atoms with Crippen molar-refractivity contribution in [2.75, 3.05) is 6.61 Å². The SMILES string of the molecule is CC(C)COC(=O)[C@H](C)O. The van der Waals surface area contributed by atoms with Crippen molar-refractivity contribution < 1.29 is 14.6 Å². The van der Waals surface area contributed by atoms with E-state index in [0.717, 1.165) is 0 Å². The molecule has 0 aromatic carbocycles. The Morgan fingerprint density at radius 2 is 2.00 bits per heavy atom. The van der Waals surface area contributed by atoms with Crippen LogP contribution >= 0.6 is 0 Å². The summed E-state index contributed by atoms with van der Waals surface area (Å²) >= 11 is 0. The molecule has 0 aromatic rings. The van der Waals surface area contributed by atoms with Crippen molar-refractivity contribution in [3.05, 3.63) is 0 Å². The van der Waals surface area contributed by atoms with Gasteiger partial charge in [0.05, 0.1) is 6.61 Å². The number of esters is 1. The zero-order valence-electron chi connectivity index (χ0n) is 6.63. The largest absolute Gasteiger partial charge is 0.464 e. The van der Waals surface area contributed by atoms with Crippen LogP contribution < -0.4 is 0 Å². The lowest BCUT2D eigenvalue weighted by molar-refractivity contribution is -0.153. The fraction of sp³-hybridized carbons (Fsp3) is 0.857. The Morgan fingerprint density at radius 1 is 1.50 bits per heavy atom. The highest BCUT2D eigenvalue weighted by atomic mass is 16.5. The van der Waals surface area contributed by atoms with Gasteiger partial charge in [0.15, 0.2) is 0 Å². The summed E-state index contributed by atoms with van der Waals surface area (Å²) in [7, 11) is 0. The van der Waals surface area contributed by atoms with Crippen molar-refractivity contribution in [3.63, 3.8) is 0 Å². The first-order chi connectivity index (χ1) is 4.54. The second kappa shape index (κ2) is 4.28. The predicted molar refractivity (Wildman–Crippen MR) is 37.5 cm³/mol. The summed E-state index contributed by atoms with van der Waals surface area (Å²) < 4.78 is 4.68. The van der Waals surface area contributed by atoms with E-state index in [9.17, 15) is 4.79 Å². The van der Waals surface area contributed by atoms with Crippen molar-refractivity contribution in [2.24, 2.45) is 5.92 Å². The molecule has 0 spiro atoms. The first kappa shape index (κ1) is 9.43. The Kier molecular flexibility index (Phi) is 4.03. The first-order valence-corrected chi connectivity index (χ1v) is 3.38. The molecule has 0 heterocycles. The molecule has 0 saturated carbocycles. The van der Waals surface area contributed by atoms with Crippen molar-refractivity contribution in [3.8, 4) is 0 Å². The van der Waals surface area contributed by atoms with E-state index in [4.69, 9.17) is 5.11 Å². The zero-order chi connectivity index (χ0) is 8.15. The summed E-state index contributed by atoms with van der Waals surface area (Å²) in [5, 5.41) is 8.66. The Labute approximate surface area is 61.0 Å². The average Bonchev–Trinajstić information content (AvgIpc) is 1.82. The summed E-state index contributed by atoms with van der Waals surface area (Å²) in [6.07, 6.45) is -1.00. The molecule has 0 rings (SSSR count). The van der Waals surface area contributed by atoms with Gasteiger partial charge in [0.1, 0.15) is 6.10 Å². The van der Waals surface area contributed by atoms with E-state index >= 15 is 0 Å². The predicted octanol–water partition coefficient (Wildman–Crippen LogP) is 0.566. The van der Waals surface area contributed by atoms with Gasteiger partial charge >= 0.3 is 5.97 Å². The van der Waals surface area contributed by atoms with Gasteiger partial charge in [-0.1, -0.05) is 13.8 Å². The number of hydrogen-bond acceptors (Lipinski definition) is 3. The molecule has 3 heteroatoms. The number of ether oxygens (including phenoxy) is 1. The average molecular weight is 146 g/mol. The third-order valence-corrected chi connectivity index (χ3v) is 0.900. The van der Waals surface area contributed by atoms with Crippen LogP contribution in [0.5, 0.6) is 0 Å². The van der Waals surface area contributed by atoms with Gasteiger partial charge in [-0.3, -0.25) is 0 Å². The maximum absolute atomic E-state index is 10.6. The molecule has 10 heavy (non-hydrogen) atoms. The van der Waals surface area contributed by atoms with E-state index in [2.05, 4.69) is 4.74 Å². The second-order valence-electron chi connectivity index (χ2n) is 2.70. The van der Waals surface area contributed by atoms with Crippen LogP contribution in [0.1, 0.15) is 20.8 Å². The van der Waals surface area contributed by atoms with E-state index in [0.29, 0.717) is 12.5 Å². The Bertz CT molecular complexity index is 107. The molecule has 0 radical (unpaired) electrons. The van der Waals surface area contributed by atoms with Crippen molar-refractivity contribution >= 4 is 5.97 Å². The molecule has 0 aliphatic rings. The number of carbonyl (C=O) groups excluding carboxylic acids is 1. The van der Waals surface area contributed by atoms with Gasteiger partial charge in [-0.2, -0.15) is 0 Å². The van der Waals surface area contributed by atoms with Gasteiger partial charge in [-0.15, -0.1) is 0 Å². The summed E-state index contributed by atoms with van der Waals surface area (Å²) in [6, 6.07) is 0. The number of carbonyl (C=O) groups is 1. The minimum absolute atomic E-state index is 0.322. The summed E-state index contributed by atoms with van der Waals surface area (Å²) in [5.74, 6) is -0.226. The maximum Gasteiger partial charge on any atom is 0.334 e. The summed E-state index contributed by atoms with van der Waals surface area (Å²) in [6.45, 7) is 5.65. The molecule has 0 saturated heterocycles. The van der Waals surface area contributed by atoms with Crippen LogP contribution in [0.4, 0.5) is 0 Å². The Morgan fingerprint density at radius 3 is 2.30 bits per heavy atom. The zero-order valence-corrected chi connectivity index (χ0v) is 6.63. The van der Waals surface area contributed by atoms with Crippen LogP contribution in [0.2, 0.25) is 0 Å². The first-order valence-electron chi connectivity index (χ1n) is 3.38. The minimum atomic E-state index is -1.00. The number of aliphatic hydroxyl groups is 1. The van der Waals surface area contributed by atoms with Crippen LogP contribution in [-0.4, -0.2) is 23.8 Å². The Balaban J connectivity index is 3.40. The molecule has 0 aliphatic heterocycles. The molecule has 0 aliphatic carbocycles. The van der Waals surface area contributed by atoms with Crippen LogP contribution in [-0.2, 0) is 9.53 Å². The molecule has 60 valence electrons. The van der Waals surface area contributed by atoms with E-state index in [-0.39, 0.29) is 0 Å². The minimum Gasteiger partial charge on any atom is -0.464 e. The molecule has 0 aromatic heterocycles. The molecule has 1 N–H and O–H groups in total. The van der Waals surface area contributed by atoms with Gasteiger partial charge in [0.25, 0.3) is 0 Å². The van der Waals surface area contributed by atoms with Crippen LogP contribution in [0.15, 0.2) is 0 Å². The third kappa shape index (κ3) is 4.32. The van der Waals surface area contributed by atoms with E-state index in [1.807, 2.05) is 13.8 Å². The number of hydrogen-bond donors (Lipinski definition) is 1. The number of aliphatic hydroxyl groups excluding tert-OH is 1. The standard InChI is InChI=1S/C7H14O3/c1-5(2)4-10-7(9)6(3)8/h5-6,8H,4H2,1-3H3/t6-/m0/s1. The van der Waals surface area contributed by atoms with E-state index in [1.54, 1.807) is 0 Å². The van der Waals surface area contributed by atoms with Crippen LogP contribution in [0.25, 0.3) is 0 Å². The highest BCUT2D eigenvalue weighted by Crippen LogP contribution is 1.94. The van der Waals surface area contributed by atoms with E-state index in [1.165, 1.54) is 6.92 Å². The summed E-state index contributed by atoms with van der Waals surface area (Å²) in [4.78, 5) is 10.6. The van der Waals surface area contributed by atoms with Gasteiger partial charge in [-0.25, -0.2) is 4.79 Å². The third-order valence-electron chi connectivity index (χ3n) is 0.900. The second-order valence-corrected chi connectivity index (χ2v) is 2.70. The highest BCUT2D eigenvalue weighted by molar-refractivity contribution is 5.73. The maximum atomic E-state index is 10.6. The molecular weight excluding hydrogens is 132 g/mol. The van der Waals surface area contributed by atoms with Crippen LogP contribution in [0.3, 0.4) is 0 Å². The fourth-order valence-electron chi connectivity index (χ4n) is 0.369. The monoisotopic (exact) mass is 146 g/mol. The van der Waals surface area contributed by atoms with Crippen molar-refractivity contribution in [1.29, 1.82) is 0 Å². The van der Waals surface area contributed by atoms with Crippen molar-refractivity contribution in [2.45, 2.75) is 26.9 Å². The van der Waals surface area contributed by atoms with Gasteiger partial charge in [-0.05, 0) is 12.8 Å². The van der Waals surface area contributed by atoms with Gasteiger partial charge in [0, 0.05) is 0 Å². The molecule has 3 nitrogen and oxygen atoms in total. The molecule has 0 bridgehead atoms. The number of rotatable bonds is 3. The van der Waals surface area contributed by atoms with Crippen molar-refractivity contribution in [1.82, 2.24) is 0 Å². The molecule has 0 fully saturated rings. The lowest BCUT2D eigenvalue weighted by Gasteiger charge is -2.07. The summed E-state index contributed by atoms with van der Waals surface area (Å²) in [5.41, 5.74) is 0. The Hall–Kier alpha value is -0.570. The lowest BCUT2D eigenvalue weighted by Crippen LogP contribution is -2.21. The van der Waals surface area contributed by atoms with Gasteiger partial charge in [0.2, 0.25) is 0 Å². The smallest absolute Gasteiger partial charge is 0.334 e. The van der Waals surface area contributed by atoms with E-state index < -0.39 is 12.1 Å².